The first-order valence-corrected chi connectivity index (χ1v) is 4.54. The molecule has 0 bridgehead atoms. The SMILES string of the molecule is COc1ccnc(N(C)C[C@H](O)CO)n1. The molecule has 1 aromatic rings. The lowest BCUT2D eigenvalue weighted by molar-refractivity contribution is 0.101. The van der Waals surface area contributed by atoms with E-state index in [0.717, 1.165) is 0 Å². The fourth-order valence-corrected chi connectivity index (χ4v) is 1.09. The normalized spacial score (nSPS) is 12.3. The first-order valence-electron chi connectivity index (χ1n) is 4.54. The molecule has 0 aliphatic carbocycles. The van der Waals surface area contributed by atoms with Crippen molar-refractivity contribution in [1.29, 1.82) is 0 Å². The lowest BCUT2D eigenvalue weighted by Crippen LogP contribution is -2.32. The van der Waals surface area contributed by atoms with Gasteiger partial charge < -0.3 is 19.8 Å². The first-order chi connectivity index (χ1) is 7.17. The Hall–Kier alpha value is -1.40. The van der Waals surface area contributed by atoms with Crippen LogP contribution in [0.25, 0.3) is 0 Å². The van der Waals surface area contributed by atoms with Gasteiger partial charge in [-0.05, 0) is 0 Å². The third kappa shape index (κ3) is 3.34. The molecule has 0 aromatic carbocycles. The van der Waals surface area contributed by atoms with Crippen molar-refractivity contribution in [3.8, 4) is 5.88 Å². The van der Waals surface area contributed by atoms with Crippen LogP contribution in [-0.2, 0) is 0 Å². The minimum absolute atomic E-state index is 0.268. The van der Waals surface area contributed by atoms with Gasteiger partial charge in [0.25, 0.3) is 0 Å². The summed E-state index contributed by atoms with van der Waals surface area (Å²) in [5.41, 5.74) is 0. The van der Waals surface area contributed by atoms with Gasteiger partial charge in [-0.15, -0.1) is 0 Å². The van der Waals surface area contributed by atoms with Gasteiger partial charge in [0.05, 0.1) is 19.8 Å². The van der Waals surface area contributed by atoms with Gasteiger partial charge >= 0.3 is 0 Å². The molecule has 0 spiro atoms. The summed E-state index contributed by atoms with van der Waals surface area (Å²) in [7, 11) is 3.25. The Labute approximate surface area is 88.2 Å². The number of hydrogen-bond donors (Lipinski definition) is 2. The molecule has 1 atom stereocenters. The quantitative estimate of drug-likeness (QED) is 0.671. The zero-order valence-electron chi connectivity index (χ0n) is 8.79. The number of aliphatic hydroxyl groups excluding tert-OH is 2. The highest BCUT2D eigenvalue weighted by Gasteiger charge is 2.10. The van der Waals surface area contributed by atoms with E-state index in [1.165, 1.54) is 7.11 Å². The molecular weight excluding hydrogens is 198 g/mol. The van der Waals surface area contributed by atoms with Gasteiger partial charge in [-0.3, -0.25) is 0 Å². The zero-order valence-corrected chi connectivity index (χ0v) is 8.79. The highest BCUT2D eigenvalue weighted by atomic mass is 16.5. The third-order valence-electron chi connectivity index (χ3n) is 1.86. The van der Waals surface area contributed by atoms with E-state index in [2.05, 4.69) is 9.97 Å². The van der Waals surface area contributed by atoms with Crippen LogP contribution in [0.2, 0.25) is 0 Å². The van der Waals surface area contributed by atoms with Gasteiger partial charge in [-0.25, -0.2) is 4.98 Å². The van der Waals surface area contributed by atoms with E-state index >= 15 is 0 Å². The number of hydrogen-bond acceptors (Lipinski definition) is 6. The van der Waals surface area contributed by atoms with Crippen LogP contribution in [0.5, 0.6) is 5.88 Å². The second kappa shape index (κ2) is 5.47. The molecule has 1 rings (SSSR count). The predicted molar refractivity (Wildman–Crippen MR) is 54.9 cm³/mol. The molecule has 2 N–H and O–H groups in total. The lowest BCUT2D eigenvalue weighted by Gasteiger charge is -2.19. The summed E-state index contributed by atoms with van der Waals surface area (Å²) >= 11 is 0. The maximum absolute atomic E-state index is 9.24. The van der Waals surface area contributed by atoms with Crippen LogP contribution in [0.4, 0.5) is 5.95 Å². The average molecular weight is 213 g/mol. The van der Waals surface area contributed by atoms with E-state index < -0.39 is 6.10 Å². The van der Waals surface area contributed by atoms with Gasteiger partial charge in [-0.1, -0.05) is 0 Å². The monoisotopic (exact) mass is 213 g/mol. The van der Waals surface area contributed by atoms with E-state index in [4.69, 9.17) is 9.84 Å². The number of likely N-dealkylation sites (N-methyl/N-ethyl adjacent to an activating group) is 1. The largest absolute Gasteiger partial charge is 0.481 e. The molecule has 1 aromatic heterocycles. The minimum Gasteiger partial charge on any atom is -0.481 e. The highest BCUT2D eigenvalue weighted by Crippen LogP contribution is 2.10. The molecule has 0 saturated heterocycles. The third-order valence-corrected chi connectivity index (χ3v) is 1.86. The molecule has 0 saturated carbocycles. The van der Waals surface area contributed by atoms with Crippen LogP contribution < -0.4 is 9.64 Å². The van der Waals surface area contributed by atoms with Crippen LogP contribution in [0.3, 0.4) is 0 Å². The van der Waals surface area contributed by atoms with Gasteiger partial charge in [-0.2, -0.15) is 4.98 Å². The smallest absolute Gasteiger partial charge is 0.228 e. The van der Waals surface area contributed by atoms with E-state index in [1.807, 2.05) is 0 Å². The number of nitrogens with zero attached hydrogens (tertiary/aromatic N) is 3. The molecule has 6 nitrogen and oxygen atoms in total. The second-order valence-corrected chi connectivity index (χ2v) is 3.12. The molecule has 0 amide bonds. The summed E-state index contributed by atoms with van der Waals surface area (Å²) in [4.78, 5) is 9.74. The fraction of sp³-hybridized carbons (Fsp3) is 0.556. The predicted octanol–water partition coefficient (Wildman–Crippen LogP) is -0.725. The topological polar surface area (TPSA) is 78.7 Å². The van der Waals surface area contributed by atoms with E-state index in [-0.39, 0.29) is 13.2 Å². The van der Waals surface area contributed by atoms with Crippen molar-refractivity contribution >= 4 is 5.95 Å². The Bertz CT molecular complexity index is 308. The number of aromatic nitrogens is 2. The summed E-state index contributed by atoms with van der Waals surface area (Å²) in [6.45, 7) is -0.0159. The number of aliphatic hydroxyl groups is 2. The number of rotatable bonds is 5. The molecule has 1 heterocycles. The number of anilines is 1. The molecule has 0 aliphatic heterocycles. The standard InChI is InChI=1S/C9H15N3O3/c1-12(5-7(14)6-13)9-10-4-3-8(11-9)15-2/h3-4,7,13-14H,5-6H2,1-2H3/t7-/m0/s1. The summed E-state index contributed by atoms with van der Waals surface area (Å²) in [6.07, 6.45) is 0.771. The highest BCUT2D eigenvalue weighted by molar-refractivity contribution is 5.30. The summed E-state index contributed by atoms with van der Waals surface area (Å²) in [5, 5.41) is 17.9. The van der Waals surface area contributed by atoms with Crippen molar-refractivity contribution < 1.29 is 14.9 Å². The van der Waals surface area contributed by atoms with Crippen LogP contribution in [0.15, 0.2) is 12.3 Å². The molecule has 0 radical (unpaired) electrons. The summed E-state index contributed by atoms with van der Waals surface area (Å²) in [5.74, 6) is 0.909. The zero-order chi connectivity index (χ0) is 11.3. The molecule has 84 valence electrons. The van der Waals surface area contributed by atoms with E-state index in [0.29, 0.717) is 11.8 Å². The van der Waals surface area contributed by atoms with Crippen molar-refractivity contribution in [2.24, 2.45) is 0 Å². The molecular formula is C9H15N3O3. The van der Waals surface area contributed by atoms with Crippen LogP contribution >= 0.6 is 0 Å². The maximum atomic E-state index is 9.24. The Morgan fingerprint density at radius 1 is 1.60 bits per heavy atom. The first kappa shape index (κ1) is 11.7. The Morgan fingerprint density at radius 2 is 2.33 bits per heavy atom. The Balaban J connectivity index is 2.68. The molecule has 15 heavy (non-hydrogen) atoms. The van der Waals surface area contributed by atoms with Gasteiger partial charge in [0.1, 0.15) is 0 Å². The summed E-state index contributed by atoms with van der Waals surface area (Å²) < 4.78 is 4.95. The summed E-state index contributed by atoms with van der Waals surface area (Å²) in [6, 6.07) is 1.64. The van der Waals surface area contributed by atoms with Gasteiger partial charge in [0, 0.05) is 25.9 Å². The van der Waals surface area contributed by atoms with Crippen molar-refractivity contribution in [2.45, 2.75) is 6.10 Å². The van der Waals surface area contributed by atoms with E-state index in [1.54, 1.807) is 24.2 Å². The molecule has 0 aliphatic rings. The Morgan fingerprint density at radius 3 is 2.93 bits per heavy atom. The van der Waals surface area contributed by atoms with Crippen LogP contribution in [0, 0.1) is 0 Å². The molecule has 0 fully saturated rings. The van der Waals surface area contributed by atoms with Crippen molar-refractivity contribution in [1.82, 2.24) is 9.97 Å². The van der Waals surface area contributed by atoms with Crippen molar-refractivity contribution in [3.63, 3.8) is 0 Å². The number of methoxy groups -OCH3 is 1. The second-order valence-electron chi connectivity index (χ2n) is 3.12. The fourth-order valence-electron chi connectivity index (χ4n) is 1.09. The molecule has 6 heteroatoms. The van der Waals surface area contributed by atoms with Crippen molar-refractivity contribution in [3.05, 3.63) is 12.3 Å². The van der Waals surface area contributed by atoms with Crippen LogP contribution in [0.1, 0.15) is 0 Å². The van der Waals surface area contributed by atoms with E-state index in [9.17, 15) is 5.11 Å². The lowest BCUT2D eigenvalue weighted by atomic mass is 10.3. The van der Waals surface area contributed by atoms with Crippen LogP contribution in [-0.4, -0.2) is 53.6 Å². The minimum atomic E-state index is -0.801. The van der Waals surface area contributed by atoms with Gasteiger partial charge in [0.15, 0.2) is 0 Å². The van der Waals surface area contributed by atoms with Crippen molar-refractivity contribution in [2.75, 3.05) is 32.2 Å². The van der Waals surface area contributed by atoms with Gasteiger partial charge in [0.2, 0.25) is 11.8 Å². The Kier molecular flexibility index (Phi) is 4.26. The maximum Gasteiger partial charge on any atom is 0.228 e. The molecule has 0 unspecified atom stereocenters. The number of ether oxygens (including phenoxy) is 1. The average Bonchev–Trinajstić information content (AvgIpc) is 2.28.